The van der Waals surface area contributed by atoms with E-state index >= 15 is 0 Å². The number of aromatic nitrogens is 1. The Morgan fingerprint density at radius 2 is 1.62 bits per heavy atom. The van der Waals surface area contributed by atoms with Gasteiger partial charge < -0.3 is 10.6 Å². The second kappa shape index (κ2) is 13.9. The van der Waals surface area contributed by atoms with Crippen LogP contribution in [-0.4, -0.2) is 28.7 Å². The molecule has 210 valence electrons. The third-order valence-electron chi connectivity index (χ3n) is 7.46. The van der Waals surface area contributed by atoms with Crippen molar-refractivity contribution in [2.75, 3.05) is 10.2 Å². The lowest BCUT2D eigenvalue weighted by Gasteiger charge is -2.34. The number of hydrogen-bond acceptors (Lipinski definition) is 4. The summed E-state index contributed by atoms with van der Waals surface area (Å²) in [5.41, 5.74) is 4.55. The van der Waals surface area contributed by atoms with Crippen LogP contribution in [0.4, 0.5) is 11.5 Å². The molecular formula is C33H40N4O3. The van der Waals surface area contributed by atoms with Gasteiger partial charge >= 0.3 is 0 Å². The maximum Gasteiger partial charge on any atom is 0.248 e. The van der Waals surface area contributed by atoms with E-state index in [9.17, 15) is 14.4 Å². The lowest BCUT2D eigenvalue weighted by Crippen LogP contribution is -2.47. The van der Waals surface area contributed by atoms with Crippen molar-refractivity contribution in [2.24, 2.45) is 0 Å². The first-order chi connectivity index (χ1) is 19.3. The molecule has 1 fully saturated rings. The van der Waals surface area contributed by atoms with Gasteiger partial charge in [-0.1, -0.05) is 72.9 Å². The number of hydrogen-bond donors (Lipinski definition) is 2. The van der Waals surface area contributed by atoms with Crippen molar-refractivity contribution in [3.8, 4) is 0 Å². The van der Waals surface area contributed by atoms with Gasteiger partial charge in [0.15, 0.2) is 0 Å². The van der Waals surface area contributed by atoms with Crippen LogP contribution in [0.3, 0.4) is 0 Å². The second-order valence-corrected chi connectivity index (χ2v) is 10.8. The topological polar surface area (TPSA) is 91.4 Å². The van der Waals surface area contributed by atoms with Crippen molar-refractivity contribution in [3.05, 3.63) is 89.1 Å². The highest BCUT2D eigenvalue weighted by molar-refractivity contribution is 6.02. The Labute approximate surface area is 237 Å². The molecule has 2 aromatic carbocycles. The summed E-state index contributed by atoms with van der Waals surface area (Å²) >= 11 is 0. The Kier molecular flexibility index (Phi) is 10.1. The predicted octanol–water partition coefficient (Wildman–Crippen LogP) is 6.34. The van der Waals surface area contributed by atoms with Gasteiger partial charge in [0.1, 0.15) is 11.9 Å². The van der Waals surface area contributed by atoms with E-state index in [0.29, 0.717) is 17.9 Å². The third kappa shape index (κ3) is 7.78. The Morgan fingerprint density at radius 3 is 2.30 bits per heavy atom. The van der Waals surface area contributed by atoms with E-state index in [1.165, 1.54) is 6.42 Å². The summed E-state index contributed by atoms with van der Waals surface area (Å²) in [7, 11) is 0. The molecule has 1 heterocycles. The van der Waals surface area contributed by atoms with Crippen LogP contribution in [0.5, 0.6) is 0 Å². The Balaban J connectivity index is 1.60. The Hall–Kier alpha value is -4.00. The van der Waals surface area contributed by atoms with Gasteiger partial charge in [-0.05, 0) is 69.4 Å². The number of benzene rings is 2. The van der Waals surface area contributed by atoms with Gasteiger partial charge in [0, 0.05) is 30.8 Å². The maximum atomic E-state index is 14.0. The minimum atomic E-state index is -0.821. The highest BCUT2D eigenvalue weighted by Crippen LogP contribution is 2.33. The summed E-state index contributed by atoms with van der Waals surface area (Å²) in [5, 5.41) is 6.04. The van der Waals surface area contributed by atoms with Crippen LogP contribution in [0.1, 0.15) is 79.7 Å². The summed E-state index contributed by atoms with van der Waals surface area (Å²) in [5.74, 6) is -0.0804. The van der Waals surface area contributed by atoms with Crippen molar-refractivity contribution in [3.63, 3.8) is 0 Å². The first-order valence-electron chi connectivity index (χ1n) is 14.3. The van der Waals surface area contributed by atoms with Crippen molar-refractivity contribution >= 4 is 29.2 Å². The lowest BCUT2D eigenvalue weighted by molar-refractivity contribution is -0.127. The fourth-order valence-electron chi connectivity index (χ4n) is 5.35. The highest BCUT2D eigenvalue weighted by Gasteiger charge is 2.34. The quantitative estimate of drug-likeness (QED) is 0.314. The smallest absolute Gasteiger partial charge is 0.248 e. The zero-order valence-corrected chi connectivity index (χ0v) is 23.8. The Morgan fingerprint density at radius 1 is 0.900 bits per heavy atom. The fraction of sp³-hybridized carbons (Fsp3) is 0.394. The predicted molar refractivity (Wildman–Crippen MR) is 159 cm³/mol. The van der Waals surface area contributed by atoms with Crippen LogP contribution in [0.15, 0.2) is 66.9 Å². The second-order valence-electron chi connectivity index (χ2n) is 10.8. The van der Waals surface area contributed by atoms with Crippen molar-refractivity contribution in [1.82, 2.24) is 10.3 Å². The minimum absolute atomic E-state index is 0.112. The normalized spacial score (nSPS) is 14.3. The number of anilines is 2. The van der Waals surface area contributed by atoms with Gasteiger partial charge in [-0.2, -0.15) is 0 Å². The van der Waals surface area contributed by atoms with E-state index in [4.69, 9.17) is 0 Å². The molecule has 0 unspecified atom stereocenters. The van der Waals surface area contributed by atoms with Gasteiger partial charge in [0.2, 0.25) is 17.7 Å². The van der Waals surface area contributed by atoms with Gasteiger partial charge in [0.25, 0.3) is 0 Å². The zero-order valence-electron chi connectivity index (χ0n) is 23.8. The molecule has 1 aromatic heterocycles. The minimum Gasteiger partial charge on any atom is -0.351 e. The standard InChI is InChI=1S/C33H40N4O3/c1-23-15-18-26(19-16-23)32(33(40)35-27-10-5-4-6-11-27)37(28-20-17-24(2)22-25(28)3)31(39)14-9-13-30(38)36-29-12-7-8-21-34-29/h7-8,12,15-22,27,32H,4-6,9-11,13-14H2,1-3H3,(H,35,40)(H,34,36,38)/t32-/m1/s1. The van der Waals surface area contributed by atoms with E-state index in [1.807, 2.05) is 63.2 Å². The molecule has 3 aromatic rings. The molecule has 0 saturated heterocycles. The van der Waals surface area contributed by atoms with E-state index in [1.54, 1.807) is 29.3 Å². The van der Waals surface area contributed by atoms with Crippen LogP contribution in [-0.2, 0) is 14.4 Å². The average molecular weight is 541 g/mol. The first-order valence-corrected chi connectivity index (χ1v) is 14.3. The van der Waals surface area contributed by atoms with Crippen LogP contribution < -0.4 is 15.5 Å². The molecule has 1 atom stereocenters. The Bertz CT molecular complexity index is 1300. The van der Waals surface area contributed by atoms with Crippen LogP contribution in [0.2, 0.25) is 0 Å². The van der Waals surface area contributed by atoms with Crippen molar-refractivity contribution in [1.29, 1.82) is 0 Å². The third-order valence-corrected chi connectivity index (χ3v) is 7.46. The van der Waals surface area contributed by atoms with E-state index < -0.39 is 6.04 Å². The van der Waals surface area contributed by atoms with E-state index in [-0.39, 0.29) is 36.6 Å². The molecule has 3 amide bonds. The fourth-order valence-corrected chi connectivity index (χ4v) is 5.35. The number of rotatable bonds is 10. The van der Waals surface area contributed by atoms with Gasteiger partial charge in [-0.15, -0.1) is 0 Å². The lowest BCUT2D eigenvalue weighted by atomic mass is 9.94. The number of carbonyl (C=O) groups is 3. The van der Waals surface area contributed by atoms with E-state index in [0.717, 1.165) is 47.9 Å². The molecule has 7 heteroatoms. The summed E-state index contributed by atoms with van der Waals surface area (Å²) in [6, 6.07) is 18.3. The van der Waals surface area contributed by atoms with Gasteiger partial charge in [0.05, 0.1) is 0 Å². The number of aryl methyl sites for hydroxylation is 3. The largest absolute Gasteiger partial charge is 0.351 e. The molecule has 1 aliphatic carbocycles. The monoisotopic (exact) mass is 540 g/mol. The summed E-state index contributed by atoms with van der Waals surface area (Å²) < 4.78 is 0. The molecule has 0 aliphatic heterocycles. The number of pyridine rings is 1. The number of nitrogens with zero attached hydrogens (tertiary/aromatic N) is 2. The molecule has 2 N–H and O–H groups in total. The first kappa shape index (κ1) is 29.0. The average Bonchev–Trinajstić information content (AvgIpc) is 2.94. The summed E-state index contributed by atoms with van der Waals surface area (Å²) in [4.78, 5) is 46.3. The molecule has 7 nitrogen and oxygen atoms in total. The molecule has 0 bridgehead atoms. The number of amides is 3. The van der Waals surface area contributed by atoms with Crippen LogP contribution >= 0.6 is 0 Å². The highest BCUT2D eigenvalue weighted by atomic mass is 16.2. The van der Waals surface area contributed by atoms with Crippen molar-refractivity contribution < 1.29 is 14.4 Å². The molecule has 0 spiro atoms. The maximum absolute atomic E-state index is 14.0. The van der Waals surface area contributed by atoms with Crippen molar-refractivity contribution in [2.45, 2.75) is 84.2 Å². The zero-order chi connectivity index (χ0) is 28.5. The number of nitrogens with one attached hydrogen (secondary N) is 2. The molecule has 4 rings (SSSR count). The SMILES string of the molecule is Cc1ccc([C@H](C(=O)NC2CCCCC2)N(C(=O)CCCC(=O)Nc2ccccn2)c2ccc(C)cc2C)cc1. The van der Waals surface area contributed by atoms with E-state index in [2.05, 4.69) is 15.6 Å². The van der Waals surface area contributed by atoms with Gasteiger partial charge in [-0.3, -0.25) is 19.3 Å². The summed E-state index contributed by atoms with van der Waals surface area (Å²) in [6.07, 6.45) is 7.56. The summed E-state index contributed by atoms with van der Waals surface area (Å²) in [6.45, 7) is 5.98. The number of carbonyl (C=O) groups excluding carboxylic acids is 3. The molecular weight excluding hydrogens is 500 g/mol. The van der Waals surface area contributed by atoms with Crippen LogP contribution in [0.25, 0.3) is 0 Å². The van der Waals surface area contributed by atoms with Gasteiger partial charge in [-0.25, -0.2) is 4.98 Å². The molecule has 1 aliphatic rings. The molecule has 1 saturated carbocycles. The molecule has 40 heavy (non-hydrogen) atoms. The molecule has 0 radical (unpaired) electrons. The van der Waals surface area contributed by atoms with Crippen LogP contribution in [0, 0.1) is 20.8 Å².